The van der Waals surface area contributed by atoms with Crippen LogP contribution in [0.3, 0.4) is 0 Å². The van der Waals surface area contributed by atoms with E-state index in [2.05, 4.69) is 0 Å². The van der Waals surface area contributed by atoms with Gasteiger partial charge in [0.05, 0.1) is 0 Å². The molecule has 0 spiro atoms. The molecule has 0 N–H and O–H groups in total. The average molecular weight is 459 g/mol. The zero-order valence-electron chi connectivity index (χ0n) is 7.15. The van der Waals surface area contributed by atoms with Crippen LogP contribution < -0.4 is 0 Å². The molecule has 0 rings (SSSR count). The molecular formula is Fe2NiO12S3. The minimum atomic E-state index is -5.17. The van der Waals surface area contributed by atoms with E-state index >= 15 is 0 Å². The SMILES string of the molecule is O=S(=O)([O-])[O-].O=S(=O)([O-])[O-].O=S(=O)([O-])[O-].[Fe+3].[Fe+3].[Ni]. The predicted octanol–water partition coefficient (Wildman–Crippen LogP) is -4.02. The molecule has 2 radical (unpaired) electrons. The molecule has 0 bridgehead atoms. The summed E-state index contributed by atoms with van der Waals surface area (Å²) in [5.74, 6) is 0. The van der Waals surface area contributed by atoms with Gasteiger partial charge in [-0.2, -0.15) is 0 Å². The quantitative estimate of drug-likeness (QED) is 0.191. The third-order valence-electron chi connectivity index (χ3n) is 0. The van der Waals surface area contributed by atoms with Crippen LogP contribution in [0.25, 0.3) is 0 Å². The van der Waals surface area contributed by atoms with Crippen LogP contribution in [0.1, 0.15) is 0 Å². The van der Waals surface area contributed by atoms with Crippen LogP contribution in [0, 0.1) is 0 Å². The minimum absolute atomic E-state index is 0. The molecule has 0 unspecified atom stereocenters. The van der Waals surface area contributed by atoms with Crippen LogP contribution in [-0.4, -0.2) is 52.6 Å². The van der Waals surface area contributed by atoms with E-state index in [1.807, 2.05) is 0 Å². The van der Waals surface area contributed by atoms with Gasteiger partial charge in [0.2, 0.25) is 0 Å². The second-order valence-electron chi connectivity index (χ2n) is 1.22. The van der Waals surface area contributed by atoms with Crippen molar-refractivity contribution in [2.45, 2.75) is 0 Å². The van der Waals surface area contributed by atoms with E-state index in [1.54, 1.807) is 0 Å². The van der Waals surface area contributed by atoms with E-state index in [0.717, 1.165) is 0 Å². The minimum Gasteiger partial charge on any atom is -0.759 e. The standard InChI is InChI=1S/2Fe.Ni.3H2O4S/c;;;3*1-5(2,3)4/h;;;3*(H2,1,2,3,4)/q2*+3;;;;/p-6. The van der Waals surface area contributed by atoms with E-state index in [0.29, 0.717) is 0 Å². The summed E-state index contributed by atoms with van der Waals surface area (Å²) in [7, 11) is -15.5. The van der Waals surface area contributed by atoms with Crippen LogP contribution in [0.15, 0.2) is 0 Å². The van der Waals surface area contributed by atoms with Gasteiger partial charge in [-0.15, -0.1) is 0 Å². The van der Waals surface area contributed by atoms with Crippen LogP contribution in [0.2, 0.25) is 0 Å². The largest absolute Gasteiger partial charge is 3.00 e. The van der Waals surface area contributed by atoms with Crippen molar-refractivity contribution in [2.24, 2.45) is 0 Å². The van der Waals surface area contributed by atoms with Crippen molar-refractivity contribution in [1.82, 2.24) is 0 Å². The van der Waals surface area contributed by atoms with E-state index in [4.69, 9.17) is 52.6 Å². The monoisotopic (exact) mass is 458 g/mol. The molecule has 0 aromatic rings. The Morgan fingerprint density at radius 3 is 0.444 bits per heavy atom. The van der Waals surface area contributed by atoms with Gasteiger partial charge < -0.3 is 27.3 Å². The third-order valence-corrected chi connectivity index (χ3v) is 0. The summed E-state index contributed by atoms with van der Waals surface area (Å²) in [5.41, 5.74) is 0. The fourth-order valence-electron chi connectivity index (χ4n) is 0. The maximum atomic E-state index is 8.52. The number of hydrogen-bond donors (Lipinski definition) is 0. The van der Waals surface area contributed by atoms with Crippen molar-refractivity contribution in [1.29, 1.82) is 0 Å². The molecule has 0 aliphatic rings. The Kier molecular flexibility index (Phi) is 29.5. The maximum Gasteiger partial charge on any atom is 3.00 e. The molecule has 0 aliphatic carbocycles. The van der Waals surface area contributed by atoms with Crippen LogP contribution in [0.5, 0.6) is 0 Å². The fraction of sp³-hybridized carbons (Fsp3) is 0. The Bertz CT molecular complexity index is 346. The van der Waals surface area contributed by atoms with Crippen LogP contribution in [0.4, 0.5) is 0 Å². The summed E-state index contributed by atoms with van der Waals surface area (Å²) in [4.78, 5) is 0. The molecule has 0 saturated carbocycles. The Morgan fingerprint density at radius 2 is 0.444 bits per heavy atom. The summed E-state index contributed by atoms with van der Waals surface area (Å²) in [6.45, 7) is 0. The first-order valence-electron chi connectivity index (χ1n) is 2.00. The topological polar surface area (TPSA) is 241 Å². The first-order chi connectivity index (χ1) is 6.00. The molecule has 116 valence electrons. The van der Waals surface area contributed by atoms with E-state index in [9.17, 15) is 0 Å². The van der Waals surface area contributed by atoms with Gasteiger partial charge in [-0.3, -0.25) is 25.3 Å². The maximum absolute atomic E-state index is 8.52. The molecule has 0 saturated heterocycles. The zero-order valence-corrected chi connectivity index (χ0v) is 12.8. The molecule has 0 aromatic heterocycles. The van der Waals surface area contributed by atoms with Gasteiger partial charge >= 0.3 is 34.1 Å². The normalized spacial score (nSPS) is 9.67. The van der Waals surface area contributed by atoms with Crippen molar-refractivity contribution < 1.29 is 103 Å². The van der Waals surface area contributed by atoms with Gasteiger partial charge in [0.1, 0.15) is 0 Å². The Labute approximate surface area is 134 Å². The predicted molar refractivity (Wildman–Crippen MR) is 31.4 cm³/mol. The van der Waals surface area contributed by atoms with Gasteiger partial charge in [0.25, 0.3) is 0 Å². The zero-order chi connectivity index (χ0) is 13.5. The second-order valence-corrected chi connectivity index (χ2v) is 3.67. The van der Waals surface area contributed by atoms with Crippen molar-refractivity contribution in [3.8, 4) is 0 Å². The van der Waals surface area contributed by atoms with Gasteiger partial charge in [-0.25, -0.2) is 0 Å². The summed E-state index contributed by atoms with van der Waals surface area (Å²) in [6.07, 6.45) is 0. The summed E-state index contributed by atoms with van der Waals surface area (Å²) in [5, 5.41) is 0. The van der Waals surface area contributed by atoms with E-state index in [-0.39, 0.29) is 50.6 Å². The van der Waals surface area contributed by atoms with Crippen molar-refractivity contribution in [2.75, 3.05) is 0 Å². The van der Waals surface area contributed by atoms with E-state index < -0.39 is 31.2 Å². The van der Waals surface area contributed by atoms with Crippen molar-refractivity contribution >= 4 is 31.2 Å². The Balaban J connectivity index is -0.0000000277. The third kappa shape index (κ3) is 3420. The van der Waals surface area contributed by atoms with Crippen LogP contribution in [-0.2, 0) is 81.8 Å². The second kappa shape index (κ2) is 14.5. The van der Waals surface area contributed by atoms with Gasteiger partial charge in [-0.1, -0.05) is 0 Å². The van der Waals surface area contributed by atoms with E-state index in [1.165, 1.54) is 0 Å². The molecule has 0 aromatic carbocycles. The van der Waals surface area contributed by atoms with Crippen molar-refractivity contribution in [3.63, 3.8) is 0 Å². The number of rotatable bonds is 0. The fourth-order valence-corrected chi connectivity index (χ4v) is 0. The van der Waals surface area contributed by atoms with Gasteiger partial charge in [-0.05, 0) is 0 Å². The average Bonchev–Trinajstić information content (AvgIpc) is 1.41. The molecule has 0 amide bonds. The molecule has 12 nitrogen and oxygen atoms in total. The molecule has 0 aliphatic heterocycles. The smallest absolute Gasteiger partial charge is 0.759 e. The first-order valence-corrected chi connectivity index (χ1v) is 6.00. The Morgan fingerprint density at radius 1 is 0.444 bits per heavy atom. The molecule has 0 atom stereocenters. The molecule has 18 heavy (non-hydrogen) atoms. The molecule has 0 fully saturated rings. The molecule has 0 heterocycles. The van der Waals surface area contributed by atoms with Crippen LogP contribution >= 0.6 is 0 Å². The van der Waals surface area contributed by atoms with Crippen molar-refractivity contribution in [3.05, 3.63) is 0 Å². The van der Waals surface area contributed by atoms with Gasteiger partial charge in [0, 0.05) is 47.7 Å². The number of hydrogen-bond acceptors (Lipinski definition) is 12. The Hall–Kier alpha value is 1.14. The first kappa shape index (κ1) is 36.5. The summed E-state index contributed by atoms with van der Waals surface area (Å²) < 4.78 is 102. The summed E-state index contributed by atoms with van der Waals surface area (Å²) in [6, 6.07) is 0. The summed E-state index contributed by atoms with van der Waals surface area (Å²) >= 11 is 0. The molecule has 18 heteroatoms. The molecular weight excluding hydrogens is 459 g/mol. The van der Waals surface area contributed by atoms with Gasteiger partial charge in [0.15, 0.2) is 0 Å².